The van der Waals surface area contributed by atoms with Crippen LogP contribution in [0, 0.1) is 0 Å². The second-order valence-corrected chi connectivity index (χ2v) is 6.13. The summed E-state index contributed by atoms with van der Waals surface area (Å²) in [6.07, 6.45) is 4.30. The Hall–Kier alpha value is -0.940. The molecule has 0 aromatic rings. The van der Waals surface area contributed by atoms with Crippen molar-refractivity contribution in [1.82, 2.24) is 10.2 Å². The van der Waals surface area contributed by atoms with Crippen molar-refractivity contribution in [2.45, 2.75) is 65.9 Å². The van der Waals surface area contributed by atoms with Crippen molar-refractivity contribution in [1.29, 1.82) is 0 Å². The van der Waals surface area contributed by atoms with Gasteiger partial charge < -0.3 is 15.0 Å². The summed E-state index contributed by atoms with van der Waals surface area (Å²) >= 11 is 0. The van der Waals surface area contributed by atoms with E-state index in [0.29, 0.717) is 12.3 Å². The molecule has 0 radical (unpaired) electrons. The lowest BCUT2D eigenvalue weighted by Gasteiger charge is -2.14. The lowest BCUT2D eigenvalue weighted by atomic mass is 10.1. The molecule has 0 aromatic heterocycles. The first kappa shape index (κ1) is 23.3. The predicted molar refractivity (Wildman–Crippen MR) is 92.1 cm³/mol. The van der Waals surface area contributed by atoms with E-state index < -0.39 is 0 Å². The van der Waals surface area contributed by atoms with Crippen LogP contribution in [0.4, 0.5) is 0 Å². The predicted octanol–water partition coefficient (Wildman–Crippen LogP) is 2.64. The quantitative estimate of drug-likeness (QED) is 0.754. The summed E-state index contributed by atoms with van der Waals surface area (Å²) in [6, 6.07) is 0. The number of likely N-dealkylation sites (tertiary alicyclic amines) is 1. The Bertz CT molecular complexity index is 262. The minimum absolute atomic E-state index is 0.318. The first-order chi connectivity index (χ1) is 10.3. The molecule has 0 spiro atoms. The zero-order valence-corrected chi connectivity index (χ0v) is 15.4. The first-order valence-electron chi connectivity index (χ1n) is 8.37. The maximum absolute atomic E-state index is 10.4. The van der Waals surface area contributed by atoms with Crippen LogP contribution in [0.25, 0.3) is 0 Å². The summed E-state index contributed by atoms with van der Waals surface area (Å²) in [4.78, 5) is 22.4. The molecule has 0 unspecified atom stereocenters. The van der Waals surface area contributed by atoms with Crippen molar-refractivity contribution in [2.75, 3.05) is 33.2 Å². The molecule has 0 saturated carbocycles. The maximum Gasteiger partial charge on any atom is 0.293 e. The molecule has 0 atom stereocenters. The van der Waals surface area contributed by atoms with E-state index in [0.717, 1.165) is 25.9 Å². The third kappa shape index (κ3) is 19.1. The van der Waals surface area contributed by atoms with E-state index in [2.05, 4.69) is 22.0 Å². The fraction of sp³-hybridized carbons (Fsp3) is 0.882. The maximum atomic E-state index is 10.4. The Kier molecular flexibility index (Phi) is 15.9. The molecule has 2 rings (SSSR count). The molecule has 1 N–H and O–H groups in total. The van der Waals surface area contributed by atoms with Crippen molar-refractivity contribution in [3.8, 4) is 0 Å². The van der Waals surface area contributed by atoms with Gasteiger partial charge in [-0.2, -0.15) is 0 Å². The van der Waals surface area contributed by atoms with Crippen LogP contribution in [0.1, 0.15) is 60.3 Å². The number of carbonyl (C=O) groups is 2. The molecule has 2 heterocycles. The topological polar surface area (TPSA) is 58.6 Å². The van der Waals surface area contributed by atoms with Crippen LogP contribution >= 0.6 is 0 Å². The van der Waals surface area contributed by atoms with Crippen molar-refractivity contribution in [3.63, 3.8) is 0 Å². The fourth-order valence-corrected chi connectivity index (χ4v) is 1.73. The van der Waals surface area contributed by atoms with Crippen LogP contribution in [0.5, 0.6) is 0 Å². The first-order valence-corrected chi connectivity index (χ1v) is 8.37. The minimum atomic E-state index is -0.318. The number of hydrogen-bond acceptors (Lipinski definition) is 5. The molecule has 132 valence electrons. The molecule has 2 aliphatic rings. The Morgan fingerprint density at radius 1 is 1.09 bits per heavy atom. The highest BCUT2D eigenvalue weighted by molar-refractivity contribution is 5.79. The second-order valence-electron chi connectivity index (χ2n) is 6.13. The number of ketones is 1. The molecule has 2 fully saturated rings. The highest BCUT2D eigenvalue weighted by Gasteiger charge is 2.07. The summed E-state index contributed by atoms with van der Waals surface area (Å²) in [6.45, 7) is 14.3. The van der Waals surface area contributed by atoms with E-state index in [4.69, 9.17) is 0 Å². The zero-order valence-electron chi connectivity index (χ0n) is 15.4. The number of rotatable bonds is 1. The number of Topliss-reactive ketones (excluding diaryl/α,β-unsaturated/α-hetero) is 1. The summed E-state index contributed by atoms with van der Waals surface area (Å²) in [5.41, 5.74) is -0.318. The molecule has 0 aliphatic carbocycles. The van der Waals surface area contributed by atoms with Gasteiger partial charge in [0.2, 0.25) is 0 Å². The van der Waals surface area contributed by atoms with Crippen LogP contribution in [-0.2, 0) is 14.3 Å². The van der Waals surface area contributed by atoms with Gasteiger partial charge in [-0.25, -0.2) is 0 Å². The molecule has 0 bridgehead atoms. The average Bonchev–Trinajstić information content (AvgIpc) is 2.93. The smallest absolute Gasteiger partial charge is 0.293 e. The van der Waals surface area contributed by atoms with Gasteiger partial charge in [0, 0.05) is 25.9 Å². The Labute approximate surface area is 136 Å². The fourth-order valence-electron chi connectivity index (χ4n) is 1.73. The Morgan fingerprint density at radius 2 is 1.55 bits per heavy atom. The van der Waals surface area contributed by atoms with Crippen LogP contribution in [0.3, 0.4) is 0 Å². The van der Waals surface area contributed by atoms with Crippen molar-refractivity contribution < 1.29 is 14.3 Å². The number of hydrogen-bond donors (Lipinski definition) is 1. The third-order valence-electron chi connectivity index (χ3n) is 2.89. The number of carbonyl (C=O) groups excluding carboxylic acids is 2. The minimum Gasteiger partial charge on any atom is -0.462 e. The monoisotopic (exact) mass is 316 g/mol. The largest absolute Gasteiger partial charge is 0.462 e. The second kappa shape index (κ2) is 15.0. The van der Waals surface area contributed by atoms with Gasteiger partial charge in [0.25, 0.3) is 6.47 Å². The van der Waals surface area contributed by atoms with Crippen molar-refractivity contribution in [3.05, 3.63) is 0 Å². The van der Waals surface area contributed by atoms with E-state index >= 15 is 0 Å². The van der Waals surface area contributed by atoms with E-state index in [-0.39, 0.29) is 5.60 Å². The summed E-state index contributed by atoms with van der Waals surface area (Å²) in [7, 11) is 2.17. The average molecular weight is 316 g/mol. The lowest BCUT2D eigenvalue weighted by molar-refractivity contribution is -0.138. The van der Waals surface area contributed by atoms with Gasteiger partial charge in [-0.15, -0.1) is 0 Å². The molecular formula is C17H36N2O3. The van der Waals surface area contributed by atoms with Crippen molar-refractivity contribution >= 4 is 12.3 Å². The molecular weight excluding hydrogens is 280 g/mol. The van der Waals surface area contributed by atoms with Crippen LogP contribution < -0.4 is 5.32 Å². The van der Waals surface area contributed by atoms with Gasteiger partial charge in [-0.1, -0.05) is 13.8 Å². The van der Waals surface area contributed by atoms with Gasteiger partial charge in [0.1, 0.15) is 11.4 Å². The molecule has 5 nitrogen and oxygen atoms in total. The molecule has 2 saturated heterocycles. The SMILES string of the molecule is CC.CC(C)(C)OC=O.CN1CCCC1.O=C1CCNCC1. The number of piperidine rings is 1. The molecule has 2 aliphatic heterocycles. The number of nitrogens with zero attached hydrogens (tertiary/aromatic N) is 1. The highest BCUT2D eigenvalue weighted by atomic mass is 16.5. The van der Waals surface area contributed by atoms with Crippen LogP contribution in [0.2, 0.25) is 0 Å². The number of ether oxygens (including phenoxy) is 1. The summed E-state index contributed by atoms with van der Waals surface area (Å²) in [5, 5.41) is 3.09. The van der Waals surface area contributed by atoms with Crippen LogP contribution in [-0.4, -0.2) is 56.0 Å². The molecule has 0 aromatic carbocycles. The molecule has 22 heavy (non-hydrogen) atoms. The van der Waals surface area contributed by atoms with E-state index in [1.54, 1.807) is 0 Å². The molecule has 0 amide bonds. The van der Waals surface area contributed by atoms with Crippen molar-refractivity contribution in [2.24, 2.45) is 0 Å². The summed E-state index contributed by atoms with van der Waals surface area (Å²) < 4.78 is 4.55. The van der Waals surface area contributed by atoms with Crippen LogP contribution in [0.15, 0.2) is 0 Å². The highest BCUT2D eigenvalue weighted by Crippen LogP contribution is 2.03. The van der Waals surface area contributed by atoms with E-state index in [9.17, 15) is 9.59 Å². The van der Waals surface area contributed by atoms with Gasteiger partial charge in [0.05, 0.1) is 0 Å². The Balaban J connectivity index is 0. The standard InChI is InChI=1S/C5H9NO.C5H11N.C5H10O2.C2H6/c7-5-1-3-6-4-2-5;1-6-4-2-3-5-6;1-5(2,3)7-4-6;1-2/h6H,1-4H2;2-5H2,1H3;4H,1-3H3;1-2H3. The Morgan fingerprint density at radius 3 is 1.68 bits per heavy atom. The zero-order chi connectivity index (χ0) is 17.4. The van der Waals surface area contributed by atoms with Gasteiger partial charge >= 0.3 is 0 Å². The normalized spacial score (nSPS) is 17.8. The van der Waals surface area contributed by atoms with Gasteiger partial charge in [-0.3, -0.25) is 9.59 Å². The van der Waals surface area contributed by atoms with E-state index in [1.807, 2.05) is 34.6 Å². The number of nitrogens with one attached hydrogen (secondary N) is 1. The third-order valence-corrected chi connectivity index (χ3v) is 2.89. The van der Waals surface area contributed by atoms with Gasteiger partial charge in [-0.05, 0) is 53.8 Å². The lowest BCUT2D eigenvalue weighted by Crippen LogP contribution is -2.27. The van der Waals surface area contributed by atoms with Gasteiger partial charge in [0.15, 0.2) is 0 Å². The summed E-state index contributed by atoms with van der Waals surface area (Å²) in [5.74, 6) is 0.402. The molecule has 5 heteroatoms. The van der Waals surface area contributed by atoms with E-state index in [1.165, 1.54) is 25.9 Å².